The van der Waals surface area contributed by atoms with E-state index in [2.05, 4.69) is 24.3 Å². The third-order valence-corrected chi connectivity index (χ3v) is 9.41. The molecule has 3 aromatic rings. The molecule has 7 heteroatoms. The standard InChI is InChI=1S/C28H29Cl2NOS3/c29-22-11-7-15-25(17-22)33-28(34-26-16-8-12-23(30)18-26)19-27(31-35-24-13-5-2-6-14-24)32-20-21-9-3-1-4-10-21/h2,5-8,11-18,21,28H,1,3-4,9-10,19-20H2/b31-27-. The van der Waals surface area contributed by atoms with Crippen molar-refractivity contribution >= 4 is 64.6 Å². The van der Waals surface area contributed by atoms with Crippen molar-refractivity contribution in [3.8, 4) is 0 Å². The summed E-state index contributed by atoms with van der Waals surface area (Å²) in [5, 5.41) is 1.48. The molecule has 0 unspecified atom stereocenters. The van der Waals surface area contributed by atoms with Crippen LogP contribution in [0.15, 0.2) is 97.9 Å². The maximum atomic E-state index is 6.41. The topological polar surface area (TPSA) is 21.6 Å². The number of benzene rings is 3. The molecule has 184 valence electrons. The number of ether oxygens (including phenoxy) is 1. The van der Waals surface area contributed by atoms with Crippen molar-refractivity contribution in [2.75, 3.05) is 6.61 Å². The Bertz CT molecular complexity index is 1040. The molecular weight excluding hydrogens is 533 g/mol. The van der Waals surface area contributed by atoms with E-state index >= 15 is 0 Å². The van der Waals surface area contributed by atoms with E-state index in [4.69, 9.17) is 32.3 Å². The minimum atomic E-state index is 0.147. The van der Waals surface area contributed by atoms with E-state index in [0.717, 1.165) is 37.2 Å². The Hall–Kier alpha value is -1.24. The second kappa shape index (κ2) is 14.5. The maximum Gasteiger partial charge on any atom is 0.197 e. The summed E-state index contributed by atoms with van der Waals surface area (Å²) in [6.45, 7) is 0.741. The van der Waals surface area contributed by atoms with Crippen LogP contribution in [0.4, 0.5) is 0 Å². The molecule has 3 aromatic carbocycles. The molecular formula is C28H29Cl2NOS3. The number of nitrogens with zero attached hydrogens (tertiary/aromatic N) is 1. The van der Waals surface area contributed by atoms with Gasteiger partial charge in [-0.3, -0.25) is 0 Å². The van der Waals surface area contributed by atoms with E-state index in [9.17, 15) is 0 Å². The summed E-state index contributed by atoms with van der Waals surface area (Å²) in [5.41, 5.74) is 0. The van der Waals surface area contributed by atoms with E-state index in [1.165, 1.54) is 44.1 Å². The predicted molar refractivity (Wildman–Crippen MR) is 155 cm³/mol. The van der Waals surface area contributed by atoms with Crippen LogP contribution in [0, 0.1) is 5.92 Å². The van der Waals surface area contributed by atoms with Crippen LogP contribution >= 0.6 is 58.7 Å². The zero-order valence-electron chi connectivity index (χ0n) is 19.4. The second-order valence-electron chi connectivity index (χ2n) is 8.49. The zero-order chi connectivity index (χ0) is 24.3. The normalized spacial score (nSPS) is 14.9. The van der Waals surface area contributed by atoms with E-state index in [1.807, 2.05) is 54.6 Å². The fourth-order valence-electron chi connectivity index (χ4n) is 3.91. The monoisotopic (exact) mass is 561 g/mol. The van der Waals surface area contributed by atoms with Crippen molar-refractivity contribution in [2.45, 2.75) is 57.8 Å². The van der Waals surface area contributed by atoms with Crippen molar-refractivity contribution in [1.82, 2.24) is 0 Å². The summed E-state index contributed by atoms with van der Waals surface area (Å²) in [7, 11) is 0. The molecule has 1 saturated carbocycles. The van der Waals surface area contributed by atoms with E-state index < -0.39 is 0 Å². The number of hydrogen-bond donors (Lipinski definition) is 0. The maximum absolute atomic E-state index is 6.41. The SMILES string of the molecule is Clc1cccc(SC(C/C(=N/Sc2ccccc2)OCC2CCCCC2)Sc2cccc(Cl)c2)c1. The quantitative estimate of drug-likeness (QED) is 0.0806. The van der Waals surface area contributed by atoms with Gasteiger partial charge in [0.2, 0.25) is 0 Å². The Morgan fingerprint density at radius 3 is 2.00 bits per heavy atom. The van der Waals surface area contributed by atoms with Gasteiger partial charge in [0, 0.05) is 43.1 Å². The van der Waals surface area contributed by atoms with Gasteiger partial charge in [-0.25, -0.2) is 0 Å². The highest BCUT2D eigenvalue weighted by Gasteiger charge is 2.20. The highest BCUT2D eigenvalue weighted by Crippen LogP contribution is 2.39. The summed E-state index contributed by atoms with van der Waals surface area (Å²) in [6.07, 6.45) is 7.14. The Kier molecular flexibility index (Phi) is 11.1. The highest BCUT2D eigenvalue weighted by atomic mass is 35.5. The molecule has 0 radical (unpaired) electrons. The van der Waals surface area contributed by atoms with Gasteiger partial charge >= 0.3 is 0 Å². The summed E-state index contributed by atoms with van der Waals surface area (Å²) in [4.78, 5) is 3.35. The number of hydrogen-bond acceptors (Lipinski definition) is 5. The minimum Gasteiger partial charge on any atom is -0.480 e. The lowest BCUT2D eigenvalue weighted by Crippen LogP contribution is -2.18. The molecule has 0 aliphatic heterocycles. The van der Waals surface area contributed by atoms with Crippen molar-refractivity contribution in [3.63, 3.8) is 0 Å². The molecule has 1 fully saturated rings. The number of halogens is 2. The molecule has 0 spiro atoms. The van der Waals surface area contributed by atoms with Crippen LogP contribution in [0.2, 0.25) is 10.0 Å². The lowest BCUT2D eigenvalue weighted by Gasteiger charge is -2.23. The lowest BCUT2D eigenvalue weighted by atomic mass is 9.90. The van der Waals surface area contributed by atoms with Gasteiger partial charge in [0.1, 0.15) is 0 Å². The molecule has 1 aliphatic rings. The van der Waals surface area contributed by atoms with Crippen molar-refractivity contribution in [2.24, 2.45) is 10.3 Å². The molecule has 1 aliphatic carbocycles. The molecule has 2 nitrogen and oxygen atoms in total. The summed E-state index contributed by atoms with van der Waals surface area (Å²) >= 11 is 17.6. The molecule has 0 N–H and O–H groups in total. The minimum absolute atomic E-state index is 0.147. The van der Waals surface area contributed by atoms with Gasteiger partial charge < -0.3 is 4.74 Å². The molecule has 35 heavy (non-hydrogen) atoms. The summed E-state index contributed by atoms with van der Waals surface area (Å²) in [5.74, 6) is 1.41. The van der Waals surface area contributed by atoms with Crippen LogP contribution in [0.1, 0.15) is 38.5 Å². The van der Waals surface area contributed by atoms with Gasteiger partial charge in [-0.2, -0.15) is 4.40 Å². The van der Waals surface area contributed by atoms with Crippen molar-refractivity contribution in [1.29, 1.82) is 0 Å². The first-order valence-corrected chi connectivity index (χ1v) is 15.2. The largest absolute Gasteiger partial charge is 0.480 e. The molecule has 0 atom stereocenters. The van der Waals surface area contributed by atoms with Crippen LogP contribution in [0.5, 0.6) is 0 Å². The predicted octanol–water partition coefficient (Wildman–Crippen LogP) is 10.3. The third-order valence-electron chi connectivity index (χ3n) is 5.67. The van der Waals surface area contributed by atoms with Gasteiger partial charge in [0.15, 0.2) is 5.90 Å². The zero-order valence-corrected chi connectivity index (χ0v) is 23.4. The smallest absolute Gasteiger partial charge is 0.197 e. The van der Waals surface area contributed by atoms with Gasteiger partial charge in [-0.05, 0) is 67.3 Å². The van der Waals surface area contributed by atoms with Gasteiger partial charge in [-0.1, -0.05) is 72.8 Å². The molecule has 0 heterocycles. The van der Waals surface area contributed by atoms with Crippen LogP contribution in [0.3, 0.4) is 0 Å². The second-order valence-corrected chi connectivity index (χ2v) is 13.0. The average Bonchev–Trinajstić information content (AvgIpc) is 2.87. The van der Waals surface area contributed by atoms with Crippen LogP contribution in [-0.2, 0) is 4.74 Å². The molecule has 0 aromatic heterocycles. The first kappa shape index (κ1) is 26.8. The number of thioether (sulfide) groups is 2. The molecule has 4 rings (SSSR count). The Morgan fingerprint density at radius 1 is 0.800 bits per heavy atom. The summed E-state index contributed by atoms with van der Waals surface area (Å²) in [6, 6.07) is 26.2. The van der Waals surface area contributed by atoms with Crippen molar-refractivity contribution < 1.29 is 4.74 Å². The highest BCUT2D eigenvalue weighted by molar-refractivity contribution is 8.17. The van der Waals surface area contributed by atoms with E-state index in [0.29, 0.717) is 12.3 Å². The fraction of sp³-hybridized carbons (Fsp3) is 0.321. The molecule has 0 amide bonds. The Labute approximate surface area is 231 Å². The third kappa shape index (κ3) is 9.62. The Morgan fingerprint density at radius 2 is 1.40 bits per heavy atom. The Balaban J connectivity index is 1.52. The summed E-state index contributed by atoms with van der Waals surface area (Å²) < 4.78 is 11.4. The first-order chi connectivity index (χ1) is 17.1. The van der Waals surface area contributed by atoms with Crippen molar-refractivity contribution in [3.05, 3.63) is 88.9 Å². The van der Waals surface area contributed by atoms with E-state index in [1.54, 1.807) is 23.5 Å². The van der Waals surface area contributed by atoms with Crippen LogP contribution < -0.4 is 0 Å². The molecule has 0 saturated heterocycles. The lowest BCUT2D eigenvalue weighted by molar-refractivity contribution is 0.196. The van der Waals surface area contributed by atoms with Gasteiger partial charge in [-0.15, -0.1) is 23.5 Å². The van der Waals surface area contributed by atoms with Crippen LogP contribution in [-0.4, -0.2) is 17.1 Å². The number of rotatable bonds is 10. The molecule has 0 bridgehead atoms. The average molecular weight is 563 g/mol. The van der Waals surface area contributed by atoms with Gasteiger partial charge in [0.25, 0.3) is 0 Å². The van der Waals surface area contributed by atoms with E-state index in [-0.39, 0.29) is 4.58 Å². The van der Waals surface area contributed by atoms with Crippen LogP contribution in [0.25, 0.3) is 0 Å². The van der Waals surface area contributed by atoms with Gasteiger partial charge in [0.05, 0.1) is 11.2 Å². The first-order valence-electron chi connectivity index (χ1n) is 11.9. The fourth-order valence-corrected chi connectivity index (χ4v) is 7.66.